The number of hydrogen-bond donors (Lipinski definition) is 0. The third-order valence-electron chi connectivity index (χ3n) is 3.50. The van der Waals surface area contributed by atoms with Crippen molar-refractivity contribution in [2.75, 3.05) is 0 Å². The first-order valence-electron chi connectivity index (χ1n) is 7.34. The summed E-state index contributed by atoms with van der Waals surface area (Å²) in [6.07, 6.45) is -0.427. The van der Waals surface area contributed by atoms with Gasteiger partial charge in [0.05, 0.1) is 5.69 Å². The van der Waals surface area contributed by atoms with Gasteiger partial charge in [-0.05, 0) is 32.0 Å². The van der Waals surface area contributed by atoms with Crippen LogP contribution in [0.1, 0.15) is 25.5 Å². The van der Waals surface area contributed by atoms with Crippen LogP contribution in [0.4, 0.5) is 0 Å². The molecule has 0 aliphatic carbocycles. The summed E-state index contributed by atoms with van der Waals surface area (Å²) in [6.45, 7) is 7.04. The number of hydrogen-bond acceptors (Lipinski definition) is 4. The van der Waals surface area contributed by atoms with Gasteiger partial charge in [-0.3, -0.25) is 0 Å². The molecule has 5 nitrogen and oxygen atoms in total. The quantitative estimate of drug-likeness (QED) is 0.546. The lowest BCUT2D eigenvalue weighted by molar-refractivity contribution is -0.143. The van der Waals surface area contributed by atoms with Crippen LogP contribution in [0.25, 0.3) is 16.7 Å². The van der Waals surface area contributed by atoms with Crippen molar-refractivity contribution in [1.82, 2.24) is 15.0 Å². The van der Waals surface area contributed by atoms with E-state index in [-0.39, 0.29) is 0 Å². The van der Waals surface area contributed by atoms with Crippen LogP contribution >= 0.6 is 0 Å². The van der Waals surface area contributed by atoms with Crippen LogP contribution < -0.4 is 0 Å². The molecule has 0 spiro atoms. The van der Waals surface area contributed by atoms with Crippen molar-refractivity contribution < 1.29 is 9.53 Å². The van der Waals surface area contributed by atoms with Gasteiger partial charge in [-0.25, -0.2) is 4.79 Å². The van der Waals surface area contributed by atoms with Crippen molar-refractivity contribution in [2.24, 2.45) is 0 Å². The molecule has 2 aromatic carbocycles. The summed E-state index contributed by atoms with van der Waals surface area (Å²) in [5, 5.41) is 9.04. The zero-order valence-corrected chi connectivity index (χ0v) is 13.1. The van der Waals surface area contributed by atoms with E-state index in [1.165, 1.54) is 0 Å². The summed E-state index contributed by atoms with van der Waals surface area (Å²) in [6, 6.07) is 15.3. The molecule has 3 rings (SSSR count). The lowest BCUT2D eigenvalue weighted by Crippen LogP contribution is -2.09. The van der Waals surface area contributed by atoms with E-state index in [2.05, 4.69) is 16.8 Å². The highest BCUT2D eigenvalue weighted by molar-refractivity contribution is 5.87. The largest absolute Gasteiger partial charge is 0.454 e. The number of para-hydroxylation sites is 1. The highest BCUT2D eigenvalue weighted by atomic mass is 16.5. The van der Waals surface area contributed by atoms with Gasteiger partial charge in [-0.1, -0.05) is 36.9 Å². The van der Waals surface area contributed by atoms with Crippen molar-refractivity contribution in [3.05, 3.63) is 66.2 Å². The summed E-state index contributed by atoms with van der Waals surface area (Å²) < 4.78 is 5.41. The summed E-state index contributed by atoms with van der Waals surface area (Å²) >= 11 is 0. The molecule has 0 saturated heterocycles. The summed E-state index contributed by atoms with van der Waals surface area (Å²) in [5.41, 5.74) is 3.54. The van der Waals surface area contributed by atoms with Gasteiger partial charge in [0.15, 0.2) is 0 Å². The highest BCUT2D eigenvalue weighted by Crippen LogP contribution is 2.25. The van der Waals surface area contributed by atoms with Crippen LogP contribution in [0.3, 0.4) is 0 Å². The zero-order valence-electron chi connectivity index (χ0n) is 13.1. The molecule has 0 aliphatic heterocycles. The predicted octanol–water partition coefficient (Wildman–Crippen LogP) is 3.60. The second-order valence-electron chi connectivity index (χ2n) is 5.37. The Morgan fingerprint density at radius 1 is 1.13 bits per heavy atom. The summed E-state index contributed by atoms with van der Waals surface area (Å²) in [7, 11) is 0. The number of carbonyl (C=O) groups is 1. The summed E-state index contributed by atoms with van der Waals surface area (Å²) in [5.74, 6) is -0.412. The average molecular weight is 307 g/mol. The number of fused-ring (bicyclic) bond motifs is 1. The monoisotopic (exact) mass is 307 g/mol. The Kier molecular flexibility index (Phi) is 3.93. The normalized spacial score (nSPS) is 12.1. The number of ether oxygens (including phenoxy) is 1. The van der Waals surface area contributed by atoms with Gasteiger partial charge in [0.1, 0.15) is 17.1 Å². The topological polar surface area (TPSA) is 57.0 Å². The van der Waals surface area contributed by atoms with Crippen molar-refractivity contribution in [3.8, 4) is 5.69 Å². The lowest BCUT2D eigenvalue weighted by atomic mass is 10.1. The van der Waals surface area contributed by atoms with Crippen LogP contribution in [0, 0.1) is 0 Å². The van der Waals surface area contributed by atoms with Gasteiger partial charge in [0.25, 0.3) is 0 Å². The second kappa shape index (κ2) is 6.04. The maximum atomic E-state index is 11.7. The highest BCUT2D eigenvalue weighted by Gasteiger charge is 2.17. The van der Waals surface area contributed by atoms with Crippen molar-refractivity contribution in [3.63, 3.8) is 0 Å². The van der Waals surface area contributed by atoms with Gasteiger partial charge in [0, 0.05) is 11.1 Å². The minimum absolute atomic E-state index is 0.372. The maximum absolute atomic E-state index is 11.7. The minimum Gasteiger partial charge on any atom is -0.454 e. The van der Waals surface area contributed by atoms with E-state index in [0.717, 1.165) is 22.3 Å². The van der Waals surface area contributed by atoms with E-state index in [1.54, 1.807) is 11.7 Å². The van der Waals surface area contributed by atoms with Gasteiger partial charge in [-0.2, -0.15) is 4.80 Å². The molecule has 1 aromatic heterocycles. The van der Waals surface area contributed by atoms with Gasteiger partial charge in [-0.15, -0.1) is 10.2 Å². The van der Waals surface area contributed by atoms with Crippen LogP contribution in [0.5, 0.6) is 0 Å². The van der Waals surface area contributed by atoms with Crippen molar-refractivity contribution in [1.29, 1.82) is 0 Å². The van der Waals surface area contributed by atoms with Crippen molar-refractivity contribution >= 4 is 17.0 Å². The van der Waals surface area contributed by atoms with Gasteiger partial charge >= 0.3 is 5.97 Å². The smallest absolute Gasteiger partial charge is 0.333 e. The predicted molar refractivity (Wildman–Crippen MR) is 88.2 cm³/mol. The molecule has 0 saturated carbocycles. The molecule has 1 heterocycles. The molecule has 116 valence electrons. The molecule has 1 atom stereocenters. The molecular weight excluding hydrogens is 290 g/mol. The summed E-state index contributed by atoms with van der Waals surface area (Å²) in [4.78, 5) is 13.3. The molecule has 1 unspecified atom stereocenters. The molecule has 0 fully saturated rings. The van der Waals surface area contributed by atoms with E-state index in [9.17, 15) is 4.79 Å². The molecule has 0 N–H and O–H groups in total. The number of nitrogens with zero attached hydrogens (tertiary/aromatic N) is 3. The Hall–Kier alpha value is -2.95. The van der Waals surface area contributed by atoms with E-state index in [0.29, 0.717) is 5.57 Å². The first-order valence-corrected chi connectivity index (χ1v) is 7.34. The molecule has 0 radical (unpaired) electrons. The first-order chi connectivity index (χ1) is 11.1. The van der Waals surface area contributed by atoms with Gasteiger partial charge < -0.3 is 4.74 Å². The maximum Gasteiger partial charge on any atom is 0.333 e. The number of esters is 1. The van der Waals surface area contributed by atoms with Crippen LogP contribution in [0.2, 0.25) is 0 Å². The number of rotatable bonds is 4. The first kappa shape index (κ1) is 15.0. The number of carbonyl (C=O) groups excluding carboxylic acids is 1. The lowest BCUT2D eigenvalue weighted by Gasteiger charge is -2.13. The fraction of sp³-hybridized carbons (Fsp3) is 0.167. The Labute approximate surface area is 134 Å². The van der Waals surface area contributed by atoms with E-state index >= 15 is 0 Å². The Balaban J connectivity index is 2.00. The SMILES string of the molecule is C=C(C)C(=O)OC(C)c1cccc2nn(-c3ccccc3)nc12. The van der Waals surface area contributed by atoms with E-state index in [1.807, 2.05) is 55.5 Å². The molecule has 5 heteroatoms. The van der Waals surface area contributed by atoms with Crippen LogP contribution in [0.15, 0.2) is 60.7 Å². The molecule has 3 aromatic rings. The Morgan fingerprint density at radius 2 is 1.87 bits per heavy atom. The number of benzene rings is 2. The van der Waals surface area contributed by atoms with Crippen LogP contribution in [-0.4, -0.2) is 21.0 Å². The average Bonchev–Trinajstić information content (AvgIpc) is 2.99. The third-order valence-corrected chi connectivity index (χ3v) is 3.50. The number of aromatic nitrogens is 3. The second-order valence-corrected chi connectivity index (χ2v) is 5.37. The molecule has 0 aliphatic rings. The molecule has 23 heavy (non-hydrogen) atoms. The fourth-order valence-electron chi connectivity index (χ4n) is 2.29. The van der Waals surface area contributed by atoms with E-state index in [4.69, 9.17) is 4.74 Å². The third kappa shape index (κ3) is 2.99. The Morgan fingerprint density at radius 3 is 2.57 bits per heavy atom. The minimum atomic E-state index is -0.427. The fourth-order valence-corrected chi connectivity index (χ4v) is 2.29. The van der Waals surface area contributed by atoms with E-state index < -0.39 is 12.1 Å². The molecular formula is C18H17N3O2. The van der Waals surface area contributed by atoms with Crippen molar-refractivity contribution in [2.45, 2.75) is 20.0 Å². The Bertz CT molecular complexity index is 868. The molecule has 0 amide bonds. The van der Waals surface area contributed by atoms with Crippen LogP contribution in [-0.2, 0) is 9.53 Å². The van der Waals surface area contributed by atoms with Gasteiger partial charge in [0.2, 0.25) is 0 Å². The molecule has 0 bridgehead atoms. The zero-order chi connectivity index (χ0) is 16.4. The standard InChI is InChI=1S/C18H17N3O2/c1-12(2)18(22)23-13(3)15-10-7-11-16-17(15)20-21(19-16)14-8-5-4-6-9-14/h4-11,13H,1H2,2-3H3.